The van der Waals surface area contributed by atoms with Crippen molar-refractivity contribution in [1.82, 2.24) is 20.0 Å². The molecule has 0 saturated heterocycles. The molecule has 0 bridgehead atoms. The number of aryl methyl sites for hydroxylation is 1. The molecule has 0 atom stereocenters. The Hall–Kier alpha value is -2.65. The van der Waals surface area contributed by atoms with Gasteiger partial charge in [-0.15, -0.1) is 16.8 Å². The molecule has 3 rings (SSSR count). The minimum Gasteiger partial charge on any atom is -0.357 e. The van der Waals surface area contributed by atoms with Crippen molar-refractivity contribution in [2.75, 3.05) is 22.9 Å². The molecule has 2 aromatic heterocycles. The Balaban J connectivity index is 1.62. The molecule has 2 heterocycles. The predicted octanol–water partition coefficient (Wildman–Crippen LogP) is 3.67. The van der Waals surface area contributed by atoms with E-state index in [0.29, 0.717) is 11.7 Å². The van der Waals surface area contributed by atoms with Gasteiger partial charge in [0.05, 0.1) is 28.5 Å². The Labute approximate surface area is 165 Å². The van der Waals surface area contributed by atoms with Crippen LogP contribution in [0.5, 0.6) is 0 Å². The van der Waals surface area contributed by atoms with Gasteiger partial charge in [0.15, 0.2) is 4.34 Å². The van der Waals surface area contributed by atoms with Crippen molar-refractivity contribution in [3.8, 4) is 5.69 Å². The zero-order chi connectivity index (χ0) is 19.2. The Morgan fingerprint density at radius 1 is 1.30 bits per heavy atom. The summed E-state index contributed by atoms with van der Waals surface area (Å²) in [6, 6.07) is 9.84. The fourth-order valence-corrected chi connectivity index (χ4v) is 4.00. The van der Waals surface area contributed by atoms with Crippen LogP contribution in [0, 0.1) is 13.8 Å². The molecule has 0 aliphatic heterocycles. The molecule has 0 spiro atoms. The van der Waals surface area contributed by atoms with E-state index in [4.69, 9.17) is 0 Å². The second-order valence-corrected chi connectivity index (χ2v) is 7.87. The average Bonchev–Trinajstić information content (AvgIpc) is 3.25. The summed E-state index contributed by atoms with van der Waals surface area (Å²) in [5, 5.41) is 19.4. The number of thioether (sulfide) groups is 1. The highest BCUT2D eigenvalue weighted by atomic mass is 32.2. The van der Waals surface area contributed by atoms with Gasteiger partial charge in [0.25, 0.3) is 0 Å². The maximum absolute atomic E-state index is 12.4. The van der Waals surface area contributed by atoms with Crippen molar-refractivity contribution in [2.45, 2.75) is 18.2 Å². The molecule has 0 saturated carbocycles. The Kier molecular flexibility index (Phi) is 6.25. The van der Waals surface area contributed by atoms with Gasteiger partial charge >= 0.3 is 0 Å². The summed E-state index contributed by atoms with van der Waals surface area (Å²) in [6.07, 6.45) is 1.75. The molecule has 0 aliphatic rings. The fraction of sp³-hybridized carbons (Fsp3) is 0.222. The van der Waals surface area contributed by atoms with Crippen molar-refractivity contribution >= 4 is 39.8 Å². The lowest BCUT2D eigenvalue weighted by atomic mass is 10.3. The van der Waals surface area contributed by atoms with Gasteiger partial charge in [-0.05, 0) is 26.0 Å². The number of para-hydroxylation sites is 1. The third kappa shape index (κ3) is 4.75. The lowest BCUT2D eigenvalue weighted by molar-refractivity contribution is -0.113. The van der Waals surface area contributed by atoms with Gasteiger partial charge in [-0.25, -0.2) is 4.68 Å². The number of nitrogens with one attached hydrogen (secondary N) is 2. The number of hydrogen-bond donors (Lipinski definition) is 2. The zero-order valence-electron chi connectivity index (χ0n) is 15.1. The van der Waals surface area contributed by atoms with Gasteiger partial charge in [0.1, 0.15) is 0 Å². The first-order valence-electron chi connectivity index (χ1n) is 8.31. The van der Waals surface area contributed by atoms with Crippen molar-refractivity contribution in [3.63, 3.8) is 0 Å². The number of hydrogen-bond acceptors (Lipinski definition) is 7. The standard InChI is InChI=1S/C18H20N6OS2/c1-4-10-19-17-21-22-18(27-17)26-11-15(25)20-16-12(2)23-24(13(16)3)14-8-6-5-7-9-14/h4-9H,1,10-11H2,2-3H3,(H,19,21)(H,20,25). The summed E-state index contributed by atoms with van der Waals surface area (Å²) < 4.78 is 2.57. The number of nitrogens with zero attached hydrogens (tertiary/aromatic N) is 4. The molecular formula is C18H20N6OS2. The number of carbonyl (C=O) groups is 1. The summed E-state index contributed by atoms with van der Waals surface area (Å²) in [5.41, 5.74) is 3.38. The maximum Gasteiger partial charge on any atom is 0.234 e. The molecule has 140 valence electrons. The van der Waals surface area contributed by atoms with Gasteiger partial charge in [0, 0.05) is 6.54 Å². The van der Waals surface area contributed by atoms with Gasteiger partial charge in [-0.2, -0.15) is 5.10 Å². The molecule has 7 nitrogen and oxygen atoms in total. The smallest absolute Gasteiger partial charge is 0.234 e. The normalized spacial score (nSPS) is 10.6. The van der Waals surface area contributed by atoms with Crippen LogP contribution in [0.1, 0.15) is 11.4 Å². The largest absolute Gasteiger partial charge is 0.357 e. The highest BCUT2D eigenvalue weighted by Gasteiger charge is 2.16. The highest BCUT2D eigenvalue weighted by molar-refractivity contribution is 8.01. The summed E-state index contributed by atoms with van der Waals surface area (Å²) in [6.45, 7) is 8.10. The molecule has 9 heteroatoms. The Morgan fingerprint density at radius 2 is 2.07 bits per heavy atom. The topological polar surface area (TPSA) is 84.7 Å². The molecule has 2 N–H and O–H groups in total. The molecular weight excluding hydrogens is 380 g/mol. The third-order valence-corrected chi connectivity index (χ3v) is 5.70. The minimum atomic E-state index is -0.102. The molecule has 1 aromatic carbocycles. The van der Waals surface area contributed by atoms with Gasteiger partial charge in [0.2, 0.25) is 11.0 Å². The summed E-state index contributed by atoms with van der Waals surface area (Å²) in [5.74, 6) is 0.153. The van der Waals surface area contributed by atoms with Crippen LogP contribution in [0.3, 0.4) is 0 Å². The van der Waals surface area contributed by atoms with Crippen molar-refractivity contribution in [2.24, 2.45) is 0 Å². The van der Waals surface area contributed by atoms with Crippen LogP contribution in [0.15, 0.2) is 47.3 Å². The summed E-state index contributed by atoms with van der Waals surface area (Å²) in [7, 11) is 0. The van der Waals surface area contributed by atoms with Crippen LogP contribution in [0.4, 0.5) is 10.8 Å². The van der Waals surface area contributed by atoms with Crippen LogP contribution < -0.4 is 10.6 Å². The Bertz CT molecular complexity index is 935. The SMILES string of the molecule is C=CCNc1nnc(SCC(=O)Nc2c(C)nn(-c3ccccc3)c2C)s1. The van der Waals surface area contributed by atoms with Crippen LogP contribution in [-0.4, -0.2) is 38.2 Å². The van der Waals surface area contributed by atoms with E-state index in [1.165, 1.54) is 23.1 Å². The minimum absolute atomic E-state index is 0.102. The molecule has 0 unspecified atom stereocenters. The highest BCUT2D eigenvalue weighted by Crippen LogP contribution is 2.26. The van der Waals surface area contributed by atoms with E-state index < -0.39 is 0 Å². The van der Waals surface area contributed by atoms with Crippen LogP contribution >= 0.6 is 23.1 Å². The third-order valence-electron chi connectivity index (χ3n) is 3.69. The van der Waals surface area contributed by atoms with Crippen LogP contribution in [-0.2, 0) is 4.79 Å². The lowest BCUT2D eigenvalue weighted by Crippen LogP contribution is -2.15. The number of anilines is 2. The number of carbonyl (C=O) groups excluding carboxylic acids is 1. The Morgan fingerprint density at radius 3 is 2.81 bits per heavy atom. The van der Waals surface area contributed by atoms with E-state index in [-0.39, 0.29) is 11.7 Å². The molecule has 0 fully saturated rings. The molecule has 3 aromatic rings. The van der Waals surface area contributed by atoms with E-state index in [2.05, 4.69) is 32.5 Å². The quantitative estimate of drug-likeness (QED) is 0.443. The molecule has 27 heavy (non-hydrogen) atoms. The van der Waals surface area contributed by atoms with E-state index in [0.717, 1.165) is 27.1 Å². The first kappa shape index (κ1) is 19.1. The van der Waals surface area contributed by atoms with Gasteiger partial charge in [-0.1, -0.05) is 47.4 Å². The lowest BCUT2D eigenvalue weighted by Gasteiger charge is -2.06. The van der Waals surface area contributed by atoms with Crippen molar-refractivity contribution in [3.05, 3.63) is 54.4 Å². The average molecular weight is 401 g/mol. The van der Waals surface area contributed by atoms with E-state index in [1.54, 1.807) is 6.08 Å². The molecule has 0 aliphatic carbocycles. The van der Waals surface area contributed by atoms with Gasteiger partial charge < -0.3 is 10.6 Å². The van der Waals surface area contributed by atoms with E-state index in [9.17, 15) is 4.79 Å². The van der Waals surface area contributed by atoms with Gasteiger partial charge in [-0.3, -0.25) is 4.79 Å². The number of aromatic nitrogens is 4. The monoisotopic (exact) mass is 400 g/mol. The second-order valence-electron chi connectivity index (χ2n) is 5.67. The number of benzene rings is 1. The predicted molar refractivity (Wildman–Crippen MR) is 111 cm³/mol. The molecule has 0 radical (unpaired) electrons. The van der Waals surface area contributed by atoms with Crippen LogP contribution in [0.25, 0.3) is 5.69 Å². The first-order valence-corrected chi connectivity index (χ1v) is 10.1. The van der Waals surface area contributed by atoms with E-state index in [1.807, 2.05) is 48.9 Å². The number of rotatable bonds is 8. The summed E-state index contributed by atoms with van der Waals surface area (Å²) in [4.78, 5) is 12.4. The van der Waals surface area contributed by atoms with E-state index >= 15 is 0 Å². The van der Waals surface area contributed by atoms with Crippen LogP contribution in [0.2, 0.25) is 0 Å². The first-order chi connectivity index (χ1) is 13.1. The second kappa shape index (κ2) is 8.83. The van der Waals surface area contributed by atoms with Crippen molar-refractivity contribution < 1.29 is 4.79 Å². The zero-order valence-corrected chi connectivity index (χ0v) is 16.7. The fourth-order valence-electron chi connectivity index (χ4n) is 2.45. The number of amides is 1. The maximum atomic E-state index is 12.4. The molecule has 1 amide bonds. The summed E-state index contributed by atoms with van der Waals surface area (Å²) >= 11 is 2.77. The van der Waals surface area contributed by atoms with Crippen molar-refractivity contribution in [1.29, 1.82) is 0 Å².